The van der Waals surface area contributed by atoms with Gasteiger partial charge in [-0.05, 0) is 6.92 Å². The summed E-state index contributed by atoms with van der Waals surface area (Å²) in [7, 11) is 1.82. The highest BCUT2D eigenvalue weighted by Gasteiger charge is 1.94. The normalized spacial score (nSPS) is 8.91. The molecule has 4 heteroatoms. The lowest BCUT2D eigenvalue weighted by molar-refractivity contribution is 0.867. The Kier molecular flexibility index (Phi) is 3.14. The Balaban J connectivity index is 0.000001000. The van der Waals surface area contributed by atoms with Gasteiger partial charge in [0.2, 0.25) is 0 Å². The van der Waals surface area contributed by atoms with Crippen molar-refractivity contribution >= 4 is 18.2 Å². The summed E-state index contributed by atoms with van der Waals surface area (Å²) in [5, 5.41) is 0. The van der Waals surface area contributed by atoms with Gasteiger partial charge in [0.15, 0.2) is 5.43 Å². The van der Waals surface area contributed by atoms with Gasteiger partial charge in [0.05, 0.1) is 0 Å². The standard InChI is InChI=1S/C7H10N2O.ClH/c1-5-3-6(10)4-7(8)9(5)2;/h3-4H,8H2,1-2H3;1H. The second-order valence-corrected chi connectivity index (χ2v) is 2.32. The minimum Gasteiger partial charge on any atom is -0.385 e. The van der Waals surface area contributed by atoms with E-state index in [1.54, 1.807) is 10.6 Å². The van der Waals surface area contributed by atoms with Gasteiger partial charge in [-0.15, -0.1) is 12.4 Å². The molecule has 0 aliphatic heterocycles. The fraction of sp³-hybridized carbons (Fsp3) is 0.286. The van der Waals surface area contributed by atoms with Gasteiger partial charge in [0.25, 0.3) is 0 Å². The lowest BCUT2D eigenvalue weighted by atomic mass is 10.3. The highest BCUT2D eigenvalue weighted by molar-refractivity contribution is 5.85. The summed E-state index contributed by atoms with van der Waals surface area (Å²) in [5.74, 6) is 0.505. The summed E-state index contributed by atoms with van der Waals surface area (Å²) in [4.78, 5) is 10.8. The third kappa shape index (κ3) is 1.98. The maximum Gasteiger partial charge on any atom is 0.183 e. The van der Waals surface area contributed by atoms with Crippen LogP contribution >= 0.6 is 12.4 Å². The lowest BCUT2D eigenvalue weighted by Crippen LogP contribution is -2.10. The van der Waals surface area contributed by atoms with Gasteiger partial charge in [-0.1, -0.05) is 0 Å². The first-order valence-electron chi connectivity index (χ1n) is 3.04. The molecule has 1 aromatic heterocycles. The number of nitrogens with two attached hydrogens (primary N) is 1. The Labute approximate surface area is 71.2 Å². The van der Waals surface area contributed by atoms with Crippen LogP contribution in [0.5, 0.6) is 0 Å². The number of nitrogen functional groups attached to an aromatic ring is 1. The van der Waals surface area contributed by atoms with E-state index in [0.717, 1.165) is 5.69 Å². The van der Waals surface area contributed by atoms with Crippen LogP contribution in [0.15, 0.2) is 16.9 Å². The molecule has 11 heavy (non-hydrogen) atoms. The summed E-state index contributed by atoms with van der Waals surface area (Å²) >= 11 is 0. The molecular weight excluding hydrogens is 164 g/mol. The average molecular weight is 175 g/mol. The van der Waals surface area contributed by atoms with Crippen LogP contribution in [-0.4, -0.2) is 4.57 Å². The van der Waals surface area contributed by atoms with E-state index in [2.05, 4.69) is 0 Å². The number of hydrogen-bond donors (Lipinski definition) is 1. The van der Waals surface area contributed by atoms with E-state index in [1.165, 1.54) is 6.07 Å². The number of aromatic nitrogens is 1. The van der Waals surface area contributed by atoms with Crippen molar-refractivity contribution < 1.29 is 0 Å². The molecule has 0 atom stereocenters. The third-order valence-corrected chi connectivity index (χ3v) is 1.56. The number of aryl methyl sites for hydroxylation is 1. The first-order valence-corrected chi connectivity index (χ1v) is 3.04. The highest BCUT2D eigenvalue weighted by Crippen LogP contribution is 1.98. The van der Waals surface area contributed by atoms with Crippen LogP contribution in [0.1, 0.15) is 5.69 Å². The summed E-state index contributed by atoms with van der Waals surface area (Å²) in [6.07, 6.45) is 0. The van der Waals surface area contributed by atoms with Crippen molar-refractivity contribution in [3.63, 3.8) is 0 Å². The second-order valence-electron chi connectivity index (χ2n) is 2.32. The summed E-state index contributed by atoms with van der Waals surface area (Å²) in [6, 6.07) is 2.96. The van der Waals surface area contributed by atoms with Crippen LogP contribution in [0.2, 0.25) is 0 Å². The molecule has 0 aliphatic rings. The second kappa shape index (κ2) is 3.44. The van der Waals surface area contributed by atoms with E-state index in [9.17, 15) is 4.79 Å². The molecule has 1 aromatic rings. The molecule has 1 rings (SSSR count). The van der Waals surface area contributed by atoms with Gasteiger partial charge >= 0.3 is 0 Å². The van der Waals surface area contributed by atoms with E-state index >= 15 is 0 Å². The molecule has 0 bridgehead atoms. The largest absolute Gasteiger partial charge is 0.385 e. The molecule has 0 fully saturated rings. The van der Waals surface area contributed by atoms with Crippen molar-refractivity contribution in [2.45, 2.75) is 6.92 Å². The van der Waals surface area contributed by atoms with Crippen molar-refractivity contribution in [2.75, 3.05) is 5.73 Å². The Morgan fingerprint density at radius 3 is 2.45 bits per heavy atom. The minimum atomic E-state index is -0.0342. The predicted molar refractivity (Wildman–Crippen MR) is 48.1 cm³/mol. The zero-order valence-corrected chi connectivity index (χ0v) is 7.31. The molecule has 0 spiro atoms. The number of hydrogen-bond acceptors (Lipinski definition) is 2. The minimum absolute atomic E-state index is 0. The van der Waals surface area contributed by atoms with Crippen LogP contribution in [0, 0.1) is 6.92 Å². The Bertz CT molecular complexity index is 280. The molecule has 0 radical (unpaired) electrons. The quantitative estimate of drug-likeness (QED) is 0.630. The summed E-state index contributed by atoms with van der Waals surface area (Å²) < 4.78 is 1.77. The summed E-state index contributed by atoms with van der Waals surface area (Å²) in [5.41, 5.74) is 6.33. The molecular formula is C7H11ClN2O. The van der Waals surface area contributed by atoms with Crippen LogP contribution in [0.25, 0.3) is 0 Å². The molecule has 2 N–H and O–H groups in total. The van der Waals surface area contributed by atoms with Crippen molar-refractivity contribution in [3.8, 4) is 0 Å². The maximum absolute atomic E-state index is 10.8. The fourth-order valence-electron chi connectivity index (χ4n) is 0.791. The zero-order valence-electron chi connectivity index (χ0n) is 6.50. The van der Waals surface area contributed by atoms with Gasteiger partial charge in [-0.25, -0.2) is 0 Å². The molecule has 0 aliphatic carbocycles. The smallest absolute Gasteiger partial charge is 0.183 e. The molecule has 0 saturated carbocycles. The zero-order chi connectivity index (χ0) is 7.72. The topological polar surface area (TPSA) is 48.0 Å². The third-order valence-electron chi connectivity index (χ3n) is 1.56. The predicted octanol–water partition coefficient (Wildman–Crippen LogP) is 0.698. The van der Waals surface area contributed by atoms with Crippen molar-refractivity contribution in [2.24, 2.45) is 7.05 Å². The Morgan fingerprint density at radius 1 is 1.45 bits per heavy atom. The Morgan fingerprint density at radius 2 is 2.00 bits per heavy atom. The first-order chi connectivity index (χ1) is 4.61. The number of nitrogens with zero attached hydrogens (tertiary/aromatic N) is 1. The Hall–Kier alpha value is -0.960. The first kappa shape index (κ1) is 10.0. The fourth-order valence-corrected chi connectivity index (χ4v) is 0.791. The molecule has 3 nitrogen and oxygen atoms in total. The summed E-state index contributed by atoms with van der Waals surface area (Å²) in [6.45, 7) is 1.84. The molecule has 1 heterocycles. The van der Waals surface area contributed by atoms with Crippen molar-refractivity contribution in [1.29, 1.82) is 0 Å². The highest BCUT2D eigenvalue weighted by atomic mass is 35.5. The van der Waals surface area contributed by atoms with Gasteiger partial charge in [0.1, 0.15) is 5.82 Å². The van der Waals surface area contributed by atoms with Gasteiger partial charge in [0, 0.05) is 24.9 Å². The van der Waals surface area contributed by atoms with Crippen LogP contribution < -0.4 is 11.2 Å². The monoisotopic (exact) mass is 174 g/mol. The molecule has 0 aromatic carbocycles. The van der Waals surface area contributed by atoms with Gasteiger partial charge < -0.3 is 10.3 Å². The number of anilines is 1. The van der Waals surface area contributed by atoms with Crippen LogP contribution in [0.3, 0.4) is 0 Å². The van der Waals surface area contributed by atoms with E-state index in [1.807, 2.05) is 14.0 Å². The van der Waals surface area contributed by atoms with Gasteiger partial charge in [-0.3, -0.25) is 4.79 Å². The molecule has 0 saturated heterocycles. The van der Waals surface area contributed by atoms with Crippen molar-refractivity contribution in [3.05, 3.63) is 28.0 Å². The van der Waals surface area contributed by atoms with Crippen LogP contribution in [-0.2, 0) is 7.05 Å². The number of halogens is 1. The SMILES string of the molecule is Cc1cc(=O)cc(N)n1C.Cl. The molecule has 0 amide bonds. The van der Waals surface area contributed by atoms with Crippen LogP contribution in [0.4, 0.5) is 5.82 Å². The van der Waals surface area contributed by atoms with Crippen molar-refractivity contribution in [1.82, 2.24) is 4.57 Å². The van der Waals surface area contributed by atoms with E-state index < -0.39 is 0 Å². The maximum atomic E-state index is 10.8. The molecule has 0 unspecified atom stereocenters. The lowest BCUT2D eigenvalue weighted by Gasteiger charge is -2.05. The number of pyridine rings is 1. The average Bonchev–Trinajstić information content (AvgIpc) is 1.82. The van der Waals surface area contributed by atoms with E-state index in [0.29, 0.717) is 5.82 Å². The molecule has 62 valence electrons. The number of rotatable bonds is 0. The van der Waals surface area contributed by atoms with E-state index in [4.69, 9.17) is 5.73 Å². The van der Waals surface area contributed by atoms with E-state index in [-0.39, 0.29) is 17.8 Å². The van der Waals surface area contributed by atoms with Gasteiger partial charge in [-0.2, -0.15) is 0 Å².